The maximum Gasteiger partial charge on any atom is 0.102 e. The monoisotopic (exact) mass is 343 g/mol. The van der Waals surface area contributed by atoms with Crippen LogP contribution in [-0.2, 0) is 17.7 Å². The zero-order chi connectivity index (χ0) is 16.1. The fourth-order valence-corrected chi connectivity index (χ4v) is 3.90. The van der Waals surface area contributed by atoms with Crippen LogP contribution in [0.25, 0.3) is 10.6 Å². The van der Waals surface area contributed by atoms with Crippen molar-refractivity contribution < 1.29 is 8.76 Å². The molecular weight excluding hydrogens is 328 g/mol. The fraction of sp³-hybridized carbons (Fsp3) is 0.118. The number of hydrogen-bond donors (Lipinski definition) is 0. The van der Waals surface area contributed by atoms with E-state index in [0.29, 0.717) is 18.0 Å². The second-order valence-electron chi connectivity index (χ2n) is 4.91. The minimum absolute atomic E-state index is 0.419. The van der Waals surface area contributed by atoms with Crippen LogP contribution in [0, 0.1) is 0 Å². The first kappa shape index (κ1) is 15.9. The van der Waals surface area contributed by atoms with Crippen LogP contribution in [0.15, 0.2) is 66.9 Å². The molecule has 3 rings (SSSR count). The lowest BCUT2D eigenvalue weighted by atomic mass is 10.1. The normalized spacial score (nSPS) is 12.0. The van der Waals surface area contributed by atoms with Gasteiger partial charge < -0.3 is 4.55 Å². The standard InChI is InChI=1S/C17H16N2O2S2/c20-23(21)19(13-11-14-6-2-1-3-7-14)17-10-9-16(22-17)15-8-4-5-12-18-15/h1-10,12H,11,13H2,(H,20,21)/p-1. The topological polar surface area (TPSA) is 56.3 Å². The van der Waals surface area contributed by atoms with Crippen LogP contribution in [-0.4, -0.2) is 20.3 Å². The van der Waals surface area contributed by atoms with E-state index < -0.39 is 11.3 Å². The van der Waals surface area contributed by atoms with Crippen molar-refractivity contribution in [2.24, 2.45) is 0 Å². The Morgan fingerprint density at radius 1 is 1.04 bits per heavy atom. The fourth-order valence-electron chi connectivity index (χ4n) is 2.24. The Morgan fingerprint density at radius 3 is 2.52 bits per heavy atom. The van der Waals surface area contributed by atoms with E-state index in [9.17, 15) is 8.76 Å². The number of hydrogen-bond acceptors (Lipinski definition) is 4. The summed E-state index contributed by atoms with van der Waals surface area (Å²) in [6.07, 6.45) is 2.40. The number of rotatable bonds is 6. The van der Waals surface area contributed by atoms with Crippen LogP contribution in [0.4, 0.5) is 5.00 Å². The highest BCUT2D eigenvalue weighted by Gasteiger charge is 2.12. The minimum Gasteiger partial charge on any atom is -0.755 e. The van der Waals surface area contributed by atoms with Gasteiger partial charge in [-0.15, -0.1) is 11.3 Å². The maximum absolute atomic E-state index is 11.6. The Kier molecular flexibility index (Phi) is 5.17. The highest BCUT2D eigenvalue weighted by molar-refractivity contribution is 7.81. The summed E-state index contributed by atoms with van der Waals surface area (Å²) in [4.78, 5) is 5.25. The largest absolute Gasteiger partial charge is 0.755 e. The van der Waals surface area contributed by atoms with E-state index in [4.69, 9.17) is 0 Å². The number of pyridine rings is 1. The Hall–Kier alpha value is -2.02. The minimum atomic E-state index is -2.30. The van der Waals surface area contributed by atoms with Gasteiger partial charge in [0.25, 0.3) is 0 Å². The van der Waals surface area contributed by atoms with Crippen LogP contribution in [0.5, 0.6) is 0 Å². The second kappa shape index (κ2) is 7.50. The average molecular weight is 343 g/mol. The van der Waals surface area contributed by atoms with E-state index in [2.05, 4.69) is 4.98 Å². The van der Waals surface area contributed by atoms with Gasteiger partial charge in [0.2, 0.25) is 0 Å². The molecule has 1 unspecified atom stereocenters. The Morgan fingerprint density at radius 2 is 1.83 bits per heavy atom. The summed E-state index contributed by atoms with van der Waals surface area (Å²) in [5.41, 5.74) is 1.97. The lowest BCUT2D eigenvalue weighted by molar-refractivity contribution is 0.532. The zero-order valence-electron chi connectivity index (χ0n) is 12.3. The molecule has 4 nitrogen and oxygen atoms in total. The maximum atomic E-state index is 11.6. The predicted octanol–water partition coefficient (Wildman–Crippen LogP) is 3.65. The molecule has 0 saturated carbocycles. The molecule has 1 atom stereocenters. The van der Waals surface area contributed by atoms with Crippen LogP contribution < -0.4 is 4.31 Å². The Labute approximate surface area is 141 Å². The van der Waals surface area contributed by atoms with Crippen molar-refractivity contribution in [1.29, 1.82) is 0 Å². The molecule has 23 heavy (non-hydrogen) atoms. The van der Waals surface area contributed by atoms with Gasteiger partial charge in [-0.25, -0.2) is 0 Å². The summed E-state index contributed by atoms with van der Waals surface area (Å²) in [5.74, 6) is 0. The van der Waals surface area contributed by atoms with Crippen LogP contribution in [0.2, 0.25) is 0 Å². The first-order valence-corrected chi connectivity index (χ1v) is 9.01. The van der Waals surface area contributed by atoms with E-state index in [1.54, 1.807) is 6.20 Å². The smallest absolute Gasteiger partial charge is 0.102 e. The molecule has 2 aromatic heterocycles. The highest BCUT2D eigenvalue weighted by Crippen LogP contribution is 2.33. The lowest BCUT2D eigenvalue weighted by Crippen LogP contribution is -2.26. The number of thiophene rings is 1. The third-order valence-electron chi connectivity index (χ3n) is 3.38. The van der Waals surface area contributed by atoms with Gasteiger partial charge >= 0.3 is 0 Å². The molecule has 0 fully saturated rings. The van der Waals surface area contributed by atoms with Crippen LogP contribution in [0.3, 0.4) is 0 Å². The van der Waals surface area contributed by atoms with E-state index >= 15 is 0 Å². The molecule has 0 aliphatic rings. The molecule has 0 bridgehead atoms. The van der Waals surface area contributed by atoms with Crippen molar-refractivity contribution >= 4 is 27.6 Å². The molecule has 0 aliphatic carbocycles. The SMILES string of the molecule is O=S([O-])N(CCc1ccccc1)c1ccc(-c2ccccn2)s1. The molecule has 1 aromatic carbocycles. The van der Waals surface area contributed by atoms with Crippen LogP contribution in [0.1, 0.15) is 5.56 Å². The second-order valence-corrected chi connectivity index (χ2v) is 6.84. The predicted molar refractivity (Wildman–Crippen MR) is 94.0 cm³/mol. The summed E-state index contributed by atoms with van der Waals surface area (Å²) in [6, 6.07) is 19.3. The van der Waals surface area contributed by atoms with Gasteiger partial charge in [0.15, 0.2) is 0 Å². The van der Waals surface area contributed by atoms with Crippen molar-refractivity contribution in [2.75, 3.05) is 10.8 Å². The quantitative estimate of drug-likeness (QED) is 0.642. The molecule has 0 spiro atoms. The number of benzene rings is 1. The van der Waals surface area contributed by atoms with Gasteiger partial charge in [-0.05, 0) is 36.2 Å². The first-order chi connectivity index (χ1) is 11.2. The number of nitrogens with zero attached hydrogens (tertiary/aromatic N) is 2. The summed E-state index contributed by atoms with van der Waals surface area (Å²) in [5, 5.41) is 0.704. The zero-order valence-corrected chi connectivity index (χ0v) is 13.9. The summed E-state index contributed by atoms with van der Waals surface area (Å²) >= 11 is -0.870. The molecule has 0 aliphatic heterocycles. The van der Waals surface area contributed by atoms with Gasteiger partial charge in [-0.2, -0.15) is 0 Å². The molecule has 0 saturated heterocycles. The van der Waals surface area contributed by atoms with Crippen LogP contribution >= 0.6 is 11.3 Å². The van der Waals surface area contributed by atoms with Gasteiger partial charge in [0.05, 0.1) is 10.6 Å². The molecule has 3 aromatic rings. The van der Waals surface area contributed by atoms with Crippen molar-refractivity contribution in [3.8, 4) is 10.6 Å². The number of anilines is 1. The van der Waals surface area contributed by atoms with Crippen molar-refractivity contribution in [2.45, 2.75) is 6.42 Å². The highest BCUT2D eigenvalue weighted by atomic mass is 32.2. The van der Waals surface area contributed by atoms with Gasteiger partial charge in [0.1, 0.15) is 5.00 Å². The summed E-state index contributed by atoms with van der Waals surface area (Å²) in [7, 11) is 0. The molecule has 2 heterocycles. The van der Waals surface area contributed by atoms with E-state index in [-0.39, 0.29) is 0 Å². The summed E-state index contributed by atoms with van der Waals surface area (Å²) in [6.45, 7) is 0.419. The van der Waals surface area contributed by atoms with Crippen molar-refractivity contribution in [3.05, 3.63) is 72.4 Å². The molecule has 0 radical (unpaired) electrons. The van der Waals surface area contributed by atoms with Gasteiger partial charge in [0, 0.05) is 24.0 Å². The molecule has 0 N–H and O–H groups in total. The summed E-state index contributed by atoms with van der Waals surface area (Å²) < 4.78 is 24.6. The van der Waals surface area contributed by atoms with E-state index in [0.717, 1.165) is 16.1 Å². The van der Waals surface area contributed by atoms with Crippen molar-refractivity contribution in [1.82, 2.24) is 4.98 Å². The molecular formula is C17H15N2O2S2-. The molecule has 0 amide bonds. The van der Waals surface area contributed by atoms with Gasteiger partial charge in [-0.3, -0.25) is 13.5 Å². The Bertz CT molecular complexity index is 776. The average Bonchev–Trinajstić information content (AvgIpc) is 3.06. The third kappa shape index (κ3) is 4.04. The van der Waals surface area contributed by atoms with Crippen molar-refractivity contribution in [3.63, 3.8) is 0 Å². The van der Waals surface area contributed by atoms with E-state index in [1.807, 2.05) is 60.7 Å². The van der Waals surface area contributed by atoms with Gasteiger partial charge in [-0.1, -0.05) is 36.4 Å². The first-order valence-electron chi connectivity index (χ1n) is 7.16. The molecule has 6 heteroatoms. The number of aromatic nitrogens is 1. The third-order valence-corrected chi connectivity index (χ3v) is 5.37. The lowest BCUT2D eigenvalue weighted by Gasteiger charge is -2.24. The molecule has 118 valence electrons. The van der Waals surface area contributed by atoms with E-state index in [1.165, 1.54) is 15.6 Å². The Balaban J connectivity index is 1.76.